The van der Waals surface area contributed by atoms with E-state index >= 15 is 0 Å². The number of carbonyl (C=O) groups is 2. The highest BCUT2D eigenvalue weighted by atomic mass is 32.1. The third kappa shape index (κ3) is 4.62. The largest absolute Gasteiger partial charge is 0.349 e. The van der Waals surface area contributed by atoms with Gasteiger partial charge in [0.05, 0.1) is 11.4 Å². The first-order valence-electron chi connectivity index (χ1n) is 7.00. The van der Waals surface area contributed by atoms with Crippen molar-refractivity contribution in [3.05, 3.63) is 60.1 Å². The Morgan fingerprint density at radius 2 is 2.09 bits per heavy atom. The molecular weight excluding hydrogens is 310 g/mol. The van der Waals surface area contributed by atoms with Gasteiger partial charge in [0.15, 0.2) is 5.13 Å². The molecule has 1 N–H and O–H groups in total. The average molecular weight is 327 g/mol. The smallest absolute Gasteiger partial charge is 0.244 e. The van der Waals surface area contributed by atoms with Crippen molar-refractivity contribution < 1.29 is 9.59 Å². The molecule has 2 rings (SSSR count). The molecule has 0 aliphatic heterocycles. The van der Waals surface area contributed by atoms with Gasteiger partial charge in [-0.15, -0.1) is 17.9 Å². The summed E-state index contributed by atoms with van der Waals surface area (Å²) in [6.07, 6.45) is 4.63. The molecule has 0 fully saturated rings. The lowest BCUT2D eigenvalue weighted by Crippen LogP contribution is -2.22. The van der Waals surface area contributed by atoms with Crippen molar-refractivity contribution >= 4 is 40.0 Å². The zero-order valence-electron chi connectivity index (χ0n) is 12.7. The van der Waals surface area contributed by atoms with Crippen LogP contribution >= 0.6 is 11.3 Å². The highest BCUT2D eigenvalue weighted by Gasteiger charge is 2.17. The standard InChI is InChI=1S/C17H17N3O2S/c1-3-11-18-16(22)10-9-14-12-23-17(19-14)20(13(2)21)15-7-5-4-6-8-15/h3-10,12H,1,11H2,2H3,(H,18,22)/b10-9+. The van der Waals surface area contributed by atoms with E-state index in [1.165, 1.54) is 24.3 Å². The van der Waals surface area contributed by atoms with Crippen LogP contribution < -0.4 is 10.2 Å². The number of anilines is 2. The van der Waals surface area contributed by atoms with Crippen molar-refractivity contribution in [2.24, 2.45) is 0 Å². The minimum atomic E-state index is -0.217. The second-order valence-corrected chi connectivity index (χ2v) is 5.45. The number of para-hydroxylation sites is 1. The molecule has 0 atom stereocenters. The molecule has 1 aromatic carbocycles. The van der Waals surface area contributed by atoms with Gasteiger partial charge in [0, 0.05) is 24.9 Å². The van der Waals surface area contributed by atoms with Crippen LogP contribution in [0.2, 0.25) is 0 Å². The van der Waals surface area contributed by atoms with Crippen LogP contribution in [0.4, 0.5) is 10.8 Å². The number of amides is 2. The van der Waals surface area contributed by atoms with Crippen LogP contribution in [-0.2, 0) is 9.59 Å². The molecule has 6 heteroatoms. The summed E-state index contributed by atoms with van der Waals surface area (Å²) < 4.78 is 0. The lowest BCUT2D eigenvalue weighted by Gasteiger charge is -2.17. The van der Waals surface area contributed by atoms with Gasteiger partial charge in [-0.1, -0.05) is 24.3 Å². The summed E-state index contributed by atoms with van der Waals surface area (Å²) in [6.45, 7) is 5.44. The molecule has 0 bridgehead atoms. The van der Waals surface area contributed by atoms with Crippen molar-refractivity contribution in [2.45, 2.75) is 6.92 Å². The fourth-order valence-electron chi connectivity index (χ4n) is 1.85. The Morgan fingerprint density at radius 1 is 1.35 bits per heavy atom. The molecule has 5 nitrogen and oxygen atoms in total. The molecule has 1 aromatic heterocycles. The second-order valence-electron chi connectivity index (χ2n) is 4.61. The number of nitrogens with zero attached hydrogens (tertiary/aromatic N) is 2. The van der Waals surface area contributed by atoms with Crippen molar-refractivity contribution in [2.75, 3.05) is 11.4 Å². The minimum Gasteiger partial charge on any atom is -0.349 e. The van der Waals surface area contributed by atoms with E-state index in [2.05, 4.69) is 16.9 Å². The predicted octanol–water partition coefficient (Wildman–Crippen LogP) is 3.14. The molecule has 0 saturated heterocycles. The number of hydrogen-bond acceptors (Lipinski definition) is 4. The van der Waals surface area contributed by atoms with E-state index in [0.29, 0.717) is 17.4 Å². The second kappa shape index (κ2) is 8.05. The SMILES string of the molecule is C=CCNC(=O)/C=C/c1csc(N(C(C)=O)c2ccccc2)n1. The lowest BCUT2D eigenvalue weighted by molar-refractivity contribution is -0.116. The molecule has 23 heavy (non-hydrogen) atoms. The van der Waals surface area contributed by atoms with Gasteiger partial charge in [0.25, 0.3) is 0 Å². The van der Waals surface area contributed by atoms with Gasteiger partial charge in [-0.2, -0.15) is 0 Å². The molecule has 0 aliphatic carbocycles. The zero-order chi connectivity index (χ0) is 16.7. The number of carbonyl (C=O) groups excluding carboxylic acids is 2. The summed E-state index contributed by atoms with van der Waals surface area (Å²) in [6, 6.07) is 9.31. The summed E-state index contributed by atoms with van der Waals surface area (Å²) >= 11 is 1.35. The molecule has 0 aliphatic rings. The highest BCUT2D eigenvalue weighted by molar-refractivity contribution is 7.14. The zero-order valence-corrected chi connectivity index (χ0v) is 13.5. The maximum Gasteiger partial charge on any atom is 0.244 e. The first-order valence-corrected chi connectivity index (χ1v) is 7.88. The number of thiazole rings is 1. The number of aromatic nitrogens is 1. The Labute approximate surface area is 139 Å². The summed E-state index contributed by atoms with van der Waals surface area (Å²) in [5, 5.41) is 5.01. The van der Waals surface area contributed by atoms with Gasteiger partial charge < -0.3 is 5.32 Å². The first kappa shape index (κ1) is 16.6. The Kier molecular flexibility index (Phi) is 5.82. The minimum absolute atomic E-state index is 0.121. The van der Waals surface area contributed by atoms with E-state index in [1.54, 1.807) is 22.4 Å². The van der Waals surface area contributed by atoms with Crippen LogP contribution in [0.25, 0.3) is 6.08 Å². The average Bonchev–Trinajstić information content (AvgIpc) is 3.00. The molecule has 0 radical (unpaired) electrons. The summed E-state index contributed by atoms with van der Waals surface area (Å²) in [5.41, 5.74) is 1.38. The molecule has 2 aromatic rings. The van der Waals surface area contributed by atoms with Gasteiger partial charge in [-0.05, 0) is 18.2 Å². The fraction of sp³-hybridized carbons (Fsp3) is 0.118. The number of benzene rings is 1. The summed E-state index contributed by atoms with van der Waals surface area (Å²) in [5.74, 6) is -0.337. The molecule has 0 spiro atoms. The molecule has 118 valence electrons. The maximum atomic E-state index is 11.9. The van der Waals surface area contributed by atoms with Gasteiger partial charge in [0.1, 0.15) is 0 Å². The summed E-state index contributed by atoms with van der Waals surface area (Å²) in [4.78, 5) is 29.4. The van der Waals surface area contributed by atoms with Gasteiger partial charge in [-0.3, -0.25) is 14.5 Å². The van der Waals surface area contributed by atoms with E-state index in [4.69, 9.17) is 0 Å². The van der Waals surface area contributed by atoms with Crippen LogP contribution in [0.5, 0.6) is 0 Å². The monoisotopic (exact) mass is 327 g/mol. The molecule has 1 heterocycles. The van der Waals surface area contributed by atoms with E-state index in [0.717, 1.165) is 5.69 Å². The van der Waals surface area contributed by atoms with E-state index in [1.807, 2.05) is 30.3 Å². The Bertz CT molecular complexity index is 722. The van der Waals surface area contributed by atoms with Crippen molar-refractivity contribution in [1.82, 2.24) is 10.3 Å². The van der Waals surface area contributed by atoms with Crippen molar-refractivity contribution in [3.63, 3.8) is 0 Å². The third-order valence-electron chi connectivity index (χ3n) is 2.86. The van der Waals surface area contributed by atoms with E-state index < -0.39 is 0 Å². The van der Waals surface area contributed by atoms with Crippen LogP contribution in [0.3, 0.4) is 0 Å². The normalized spacial score (nSPS) is 10.5. The van der Waals surface area contributed by atoms with Gasteiger partial charge in [-0.25, -0.2) is 4.98 Å². The lowest BCUT2D eigenvalue weighted by atomic mass is 10.3. The third-order valence-corrected chi connectivity index (χ3v) is 3.70. The first-order chi connectivity index (χ1) is 11.1. The fourth-order valence-corrected chi connectivity index (χ4v) is 2.71. The maximum absolute atomic E-state index is 11.9. The Balaban J connectivity index is 2.16. The van der Waals surface area contributed by atoms with Crippen LogP contribution in [0, 0.1) is 0 Å². The van der Waals surface area contributed by atoms with Crippen LogP contribution in [0.15, 0.2) is 54.4 Å². The molecule has 2 amide bonds. The quantitative estimate of drug-likeness (QED) is 0.655. The van der Waals surface area contributed by atoms with Crippen LogP contribution in [-0.4, -0.2) is 23.3 Å². The molecular formula is C17H17N3O2S. The van der Waals surface area contributed by atoms with Gasteiger partial charge in [0.2, 0.25) is 11.8 Å². The summed E-state index contributed by atoms with van der Waals surface area (Å²) in [7, 11) is 0. The van der Waals surface area contributed by atoms with Gasteiger partial charge >= 0.3 is 0 Å². The van der Waals surface area contributed by atoms with Crippen molar-refractivity contribution in [3.8, 4) is 0 Å². The van der Waals surface area contributed by atoms with E-state index in [-0.39, 0.29) is 11.8 Å². The highest BCUT2D eigenvalue weighted by Crippen LogP contribution is 2.28. The van der Waals surface area contributed by atoms with Crippen molar-refractivity contribution in [1.29, 1.82) is 0 Å². The molecule has 0 saturated carbocycles. The number of rotatable bonds is 6. The molecule has 0 unspecified atom stereocenters. The number of nitrogens with one attached hydrogen (secondary N) is 1. The topological polar surface area (TPSA) is 62.3 Å². The predicted molar refractivity (Wildman–Crippen MR) is 93.6 cm³/mol. The Hall–Kier alpha value is -2.73. The Morgan fingerprint density at radius 3 is 2.74 bits per heavy atom. The van der Waals surface area contributed by atoms with Crippen LogP contribution in [0.1, 0.15) is 12.6 Å². The van der Waals surface area contributed by atoms with E-state index in [9.17, 15) is 9.59 Å². The number of hydrogen-bond donors (Lipinski definition) is 1.